The largest absolute Gasteiger partial charge is 0.484 e. The topological polar surface area (TPSA) is 35.2 Å². The molecule has 2 unspecified atom stereocenters. The van der Waals surface area contributed by atoms with E-state index in [-0.39, 0.29) is 11.9 Å². The number of rotatable bonds is 5. The summed E-state index contributed by atoms with van der Waals surface area (Å²) in [4.78, 5) is 0. The van der Waals surface area contributed by atoms with Crippen molar-refractivity contribution < 1.29 is 13.5 Å². The van der Waals surface area contributed by atoms with Crippen LogP contribution in [-0.4, -0.2) is 6.04 Å². The van der Waals surface area contributed by atoms with Gasteiger partial charge in [-0.15, -0.1) is 0 Å². The van der Waals surface area contributed by atoms with Crippen molar-refractivity contribution in [1.82, 2.24) is 0 Å². The van der Waals surface area contributed by atoms with Gasteiger partial charge in [0, 0.05) is 12.1 Å². The zero-order valence-corrected chi connectivity index (χ0v) is 13.1. The Balaban J connectivity index is 2.30. The summed E-state index contributed by atoms with van der Waals surface area (Å²) >= 11 is 3.09. The van der Waals surface area contributed by atoms with Crippen LogP contribution in [0, 0.1) is 11.6 Å². The van der Waals surface area contributed by atoms with E-state index in [9.17, 15) is 8.78 Å². The fourth-order valence-corrected chi connectivity index (χ4v) is 2.24. The van der Waals surface area contributed by atoms with Crippen LogP contribution in [0.2, 0.25) is 0 Å². The predicted molar refractivity (Wildman–Crippen MR) is 82.1 cm³/mol. The standard InChI is InChI=1S/C16H16BrF2NO/c1-2-15(20)16(10-4-3-5-11(18)8-10)21-12-6-7-13(17)14(19)9-12/h3-9,15-16H,2,20H2,1H3. The van der Waals surface area contributed by atoms with Crippen molar-refractivity contribution in [3.05, 3.63) is 64.1 Å². The van der Waals surface area contributed by atoms with E-state index in [0.717, 1.165) is 0 Å². The highest BCUT2D eigenvalue weighted by atomic mass is 79.9. The molecule has 0 heterocycles. The van der Waals surface area contributed by atoms with Crippen LogP contribution in [0.4, 0.5) is 8.78 Å². The number of benzene rings is 2. The van der Waals surface area contributed by atoms with Crippen molar-refractivity contribution in [1.29, 1.82) is 0 Å². The maximum Gasteiger partial charge on any atom is 0.141 e. The summed E-state index contributed by atoms with van der Waals surface area (Å²) in [6.07, 6.45) is 0.117. The Labute approximate surface area is 131 Å². The molecule has 0 aliphatic rings. The molecule has 2 atom stereocenters. The SMILES string of the molecule is CCC(N)C(Oc1ccc(Br)c(F)c1)c1cccc(F)c1. The van der Waals surface area contributed by atoms with E-state index in [4.69, 9.17) is 10.5 Å². The third kappa shape index (κ3) is 4.02. The molecule has 2 aromatic carbocycles. The fourth-order valence-electron chi connectivity index (χ4n) is 2.00. The molecule has 2 N–H and O–H groups in total. The van der Waals surface area contributed by atoms with Crippen molar-refractivity contribution in [2.24, 2.45) is 5.73 Å². The van der Waals surface area contributed by atoms with Crippen molar-refractivity contribution in [2.75, 3.05) is 0 Å². The van der Waals surface area contributed by atoms with Gasteiger partial charge in [-0.05, 0) is 52.2 Å². The number of nitrogens with two attached hydrogens (primary N) is 1. The lowest BCUT2D eigenvalue weighted by atomic mass is 10.0. The van der Waals surface area contributed by atoms with Crippen molar-refractivity contribution in [3.8, 4) is 5.75 Å². The van der Waals surface area contributed by atoms with Crippen LogP contribution >= 0.6 is 15.9 Å². The van der Waals surface area contributed by atoms with Gasteiger partial charge in [-0.1, -0.05) is 19.1 Å². The van der Waals surface area contributed by atoms with E-state index < -0.39 is 11.9 Å². The lowest BCUT2D eigenvalue weighted by molar-refractivity contribution is 0.170. The summed E-state index contributed by atoms with van der Waals surface area (Å²) in [6, 6.07) is 10.3. The molecule has 0 saturated carbocycles. The van der Waals surface area contributed by atoms with Gasteiger partial charge >= 0.3 is 0 Å². The third-order valence-corrected chi connectivity index (χ3v) is 3.83. The molecule has 2 aromatic rings. The van der Waals surface area contributed by atoms with Crippen LogP contribution in [0.3, 0.4) is 0 Å². The Hall–Kier alpha value is -1.46. The maximum atomic E-state index is 13.6. The number of hydrogen-bond donors (Lipinski definition) is 1. The molecule has 2 rings (SSSR count). The Bertz CT molecular complexity index is 621. The Morgan fingerprint density at radius 2 is 1.95 bits per heavy atom. The van der Waals surface area contributed by atoms with Gasteiger partial charge in [-0.2, -0.15) is 0 Å². The molecule has 112 valence electrons. The molecule has 0 aromatic heterocycles. The molecule has 0 bridgehead atoms. The summed E-state index contributed by atoms with van der Waals surface area (Å²) in [6.45, 7) is 1.92. The summed E-state index contributed by atoms with van der Waals surface area (Å²) < 4.78 is 33.1. The zero-order valence-electron chi connectivity index (χ0n) is 11.5. The highest BCUT2D eigenvalue weighted by molar-refractivity contribution is 9.10. The van der Waals surface area contributed by atoms with Crippen LogP contribution in [0.1, 0.15) is 25.0 Å². The van der Waals surface area contributed by atoms with Gasteiger partial charge in [-0.25, -0.2) is 8.78 Å². The smallest absolute Gasteiger partial charge is 0.141 e. The molecule has 21 heavy (non-hydrogen) atoms. The monoisotopic (exact) mass is 355 g/mol. The number of halogens is 3. The third-order valence-electron chi connectivity index (χ3n) is 3.19. The molecule has 5 heteroatoms. The molecular formula is C16H16BrF2NO. The molecule has 2 nitrogen and oxygen atoms in total. The minimum atomic E-state index is -0.536. The van der Waals surface area contributed by atoms with Crippen LogP contribution in [0.5, 0.6) is 5.75 Å². The van der Waals surface area contributed by atoms with Gasteiger partial charge < -0.3 is 10.5 Å². The lowest BCUT2D eigenvalue weighted by Gasteiger charge is -2.25. The normalized spacial score (nSPS) is 13.8. The first-order valence-corrected chi connectivity index (χ1v) is 7.43. The molecular weight excluding hydrogens is 340 g/mol. The van der Waals surface area contributed by atoms with Gasteiger partial charge in [0.15, 0.2) is 0 Å². The minimum Gasteiger partial charge on any atom is -0.484 e. The van der Waals surface area contributed by atoms with Gasteiger partial charge in [0.25, 0.3) is 0 Å². The number of ether oxygens (including phenoxy) is 1. The number of hydrogen-bond acceptors (Lipinski definition) is 2. The summed E-state index contributed by atoms with van der Waals surface area (Å²) in [5.74, 6) is -0.421. The first-order valence-electron chi connectivity index (χ1n) is 6.64. The second-order valence-electron chi connectivity index (χ2n) is 4.74. The van der Waals surface area contributed by atoms with Crippen molar-refractivity contribution in [2.45, 2.75) is 25.5 Å². The second-order valence-corrected chi connectivity index (χ2v) is 5.60. The molecule has 0 spiro atoms. The van der Waals surface area contributed by atoms with Gasteiger partial charge in [0.1, 0.15) is 23.5 Å². The van der Waals surface area contributed by atoms with E-state index in [2.05, 4.69) is 15.9 Å². The molecule has 0 aliphatic carbocycles. The minimum absolute atomic E-state index is 0.321. The van der Waals surface area contributed by atoms with E-state index in [0.29, 0.717) is 22.2 Å². The highest BCUT2D eigenvalue weighted by Crippen LogP contribution is 2.28. The Morgan fingerprint density at radius 3 is 2.57 bits per heavy atom. The highest BCUT2D eigenvalue weighted by Gasteiger charge is 2.21. The average molecular weight is 356 g/mol. The van der Waals surface area contributed by atoms with E-state index >= 15 is 0 Å². The van der Waals surface area contributed by atoms with Gasteiger partial charge in [0.2, 0.25) is 0 Å². The first kappa shape index (κ1) is 15.9. The summed E-state index contributed by atoms with van der Waals surface area (Å²) in [5, 5.41) is 0. The van der Waals surface area contributed by atoms with Crippen LogP contribution in [0.15, 0.2) is 46.9 Å². The Kier molecular flexibility index (Phi) is 5.31. The van der Waals surface area contributed by atoms with Crippen molar-refractivity contribution >= 4 is 15.9 Å². The second kappa shape index (κ2) is 7.00. The lowest BCUT2D eigenvalue weighted by Crippen LogP contribution is -2.31. The quantitative estimate of drug-likeness (QED) is 0.851. The van der Waals surface area contributed by atoms with Crippen molar-refractivity contribution in [3.63, 3.8) is 0 Å². The summed E-state index contributed by atoms with van der Waals surface area (Å²) in [5.41, 5.74) is 6.70. The average Bonchev–Trinajstić information content (AvgIpc) is 2.47. The van der Waals surface area contributed by atoms with E-state index in [1.807, 2.05) is 6.92 Å². The maximum absolute atomic E-state index is 13.6. The van der Waals surface area contributed by atoms with E-state index in [1.54, 1.807) is 24.3 Å². The molecule has 0 aliphatic heterocycles. The molecule has 0 amide bonds. The van der Waals surface area contributed by atoms with Crippen LogP contribution < -0.4 is 10.5 Å². The van der Waals surface area contributed by atoms with Gasteiger partial charge in [0.05, 0.1) is 4.47 Å². The molecule has 0 fully saturated rings. The van der Waals surface area contributed by atoms with Crippen LogP contribution in [0.25, 0.3) is 0 Å². The molecule has 0 saturated heterocycles. The summed E-state index contributed by atoms with van der Waals surface area (Å²) in [7, 11) is 0. The zero-order chi connectivity index (χ0) is 15.4. The Morgan fingerprint density at radius 1 is 1.19 bits per heavy atom. The van der Waals surface area contributed by atoms with Gasteiger partial charge in [-0.3, -0.25) is 0 Å². The predicted octanol–water partition coefficient (Wildman–Crippen LogP) is 4.58. The first-order chi connectivity index (χ1) is 10.0. The molecule has 0 radical (unpaired) electrons. The van der Waals surface area contributed by atoms with E-state index in [1.165, 1.54) is 18.2 Å². The fraction of sp³-hybridized carbons (Fsp3) is 0.250. The van der Waals surface area contributed by atoms with Crippen LogP contribution in [-0.2, 0) is 0 Å².